The molecule has 0 bridgehead atoms. The first-order valence-electron chi connectivity index (χ1n) is 16.3. The van der Waals surface area contributed by atoms with Gasteiger partial charge in [-0.1, -0.05) is 18.2 Å². The van der Waals surface area contributed by atoms with Crippen molar-refractivity contribution < 1.29 is 40.0 Å². The molecule has 2 N–H and O–H groups in total. The SMILES string of the molecule is [2H]C([2H])(Nc1cccc2c1C([2H])([2H])N([C@H]1CCC(=O)NC1=O)C2=O)c1ccc(CN2C([2H])([2H])C([2H])([2H])OC([2H])([2H])C2([2H])[2H])cc1F. The number of morpholine rings is 1. The molecular weight excluding hydrogens is 439 g/mol. The van der Waals surface area contributed by atoms with Crippen molar-refractivity contribution >= 4 is 23.4 Å². The maximum atomic E-state index is 15.5. The molecule has 0 radical (unpaired) electrons. The monoisotopic (exact) mass is 478 g/mol. The highest BCUT2D eigenvalue weighted by Gasteiger charge is 2.39. The Labute approximate surface area is 213 Å². The molecule has 34 heavy (non-hydrogen) atoms. The third-order valence-electron chi connectivity index (χ3n) is 5.44. The van der Waals surface area contributed by atoms with Crippen LogP contribution >= 0.6 is 0 Å². The zero-order chi connectivity index (χ0) is 34.4. The fraction of sp³-hybridized carbons (Fsp3) is 0.400. The Morgan fingerprint density at radius 2 is 2.03 bits per heavy atom. The van der Waals surface area contributed by atoms with E-state index in [0.29, 0.717) is 4.90 Å². The summed E-state index contributed by atoms with van der Waals surface area (Å²) in [6.45, 7) is -19.3. The molecule has 2 saturated heterocycles. The number of imide groups is 1. The van der Waals surface area contributed by atoms with Gasteiger partial charge in [0.15, 0.2) is 0 Å². The Kier molecular flexibility index (Phi) is 3.48. The highest BCUT2D eigenvalue weighted by Crippen LogP contribution is 2.32. The van der Waals surface area contributed by atoms with Gasteiger partial charge in [0.25, 0.3) is 5.91 Å². The summed E-state index contributed by atoms with van der Waals surface area (Å²) >= 11 is 0. The second-order valence-corrected chi connectivity index (χ2v) is 7.66. The molecule has 0 aromatic heterocycles. The van der Waals surface area contributed by atoms with Crippen molar-refractivity contribution in [1.82, 2.24) is 15.1 Å². The van der Waals surface area contributed by atoms with Gasteiger partial charge in [0, 0.05) is 66.8 Å². The van der Waals surface area contributed by atoms with E-state index in [1.165, 1.54) is 18.2 Å². The molecule has 3 aliphatic heterocycles. The van der Waals surface area contributed by atoms with E-state index in [4.69, 9.17) is 16.4 Å². The number of halogens is 1. The molecule has 0 unspecified atom stereocenters. The number of carbonyl (C=O) groups is 3. The maximum Gasteiger partial charge on any atom is 0.255 e. The fourth-order valence-electron chi connectivity index (χ4n) is 3.77. The third-order valence-corrected chi connectivity index (χ3v) is 5.44. The van der Waals surface area contributed by atoms with E-state index < -0.39 is 80.8 Å². The number of ether oxygens (including phenoxy) is 1. The number of hydrogen-bond donors (Lipinski definition) is 2. The van der Waals surface area contributed by atoms with Crippen LogP contribution in [0.2, 0.25) is 0 Å². The summed E-state index contributed by atoms with van der Waals surface area (Å²) in [5.74, 6) is -3.52. The minimum atomic E-state index is -3.31. The smallest absolute Gasteiger partial charge is 0.255 e. The summed E-state index contributed by atoms with van der Waals surface area (Å²) < 4.78 is 118. The van der Waals surface area contributed by atoms with Crippen LogP contribution < -0.4 is 10.6 Å². The molecule has 0 spiro atoms. The van der Waals surface area contributed by atoms with Crippen LogP contribution in [0.3, 0.4) is 0 Å². The van der Waals surface area contributed by atoms with Crippen molar-refractivity contribution in [2.24, 2.45) is 0 Å². The number of fused-ring (bicyclic) bond motifs is 1. The predicted octanol–water partition coefficient (Wildman–Crippen LogP) is 2.03. The molecule has 5 rings (SSSR count). The number of amides is 3. The zero-order valence-electron chi connectivity index (χ0n) is 29.6. The van der Waals surface area contributed by atoms with Gasteiger partial charge in [-0.3, -0.25) is 24.6 Å². The van der Waals surface area contributed by atoms with Crippen molar-refractivity contribution in [3.05, 3.63) is 64.5 Å². The Hall–Kier alpha value is -3.30. The molecule has 0 aliphatic carbocycles. The summed E-state index contributed by atoms with van der Waals surface area (Å²) in [5.41, 5.74) is -1.52. The number of benzene rings is 2. The Morgan fingerprint density at radius 1 is 1.21 bits per heavy atom. The van der Waals surface area contributed by atoms with Crippen LogP contribution in [0.4, 0.5) is 10.1 Å². The molecule has 3 aliphatic rings. The van der Waals surface area contributed by atoms with Gasteiger partial charge in [0.1, 0.15) is 11.9 Å². The second kappa shape index (κ2) is 9.52. The minimum Gasteiger partial charge on any atom is -0.381 e. The number of hydrogen-bond acceptors (Lipinski definition) is 6. The minimum absolute atomic E-state index is 0.129. The first kappa shape index (κ1) is 12.4. The molecule has 8 nitrogen and oxygen atoms in total. The lowest BCUT2D eigenvalue weighted by Crippen LogP contribution is -2.52. The highest BCUT2D eigenvalue weighted by atomic mass is 19.1. The van der Waals surface area contributed by atoms with E-state index in [9.17, 15) is 14.4 Å². The average Bonchev–Trinajstić information content (AvgIpc) is 3.11. The van der Waals surface area contributed by atoms with Crippen LogP contribution in [0.5, 0.6) is 0 Å². The Bertz CT molecular complexity index is 1610. The molecule has 9 heteroatoms. The lowest BCUT2D eigenvalue weighted by Gasteiger charge is -2.29. The van der Waals surface area contributed by atoms with Crippen LogP contribution in [-0.2, 0) is 33.9 Å². The number of anilines is 1. The van der Waals surface area contributed by atoms with Crippen molar-refractivity contribution in [1.29, 1.82) is 0 Å². The normalized spacial score (nSPS) is 34.0. The van der Waals surface area contributed by atoms with Crippen LogP contribution in [0, 0.1) is 5.82 Å². The number of piperidine rings is 1. The third kappa shape index (κ3) is 4.53. The standard InChI is InChI=1S/C25H27FN4O4/c26-20-12-16(14-29-8-10-34-11-9-29)4-5-17(20)13-27-21-3-1-2-18-19(21)15-30(25(18)33)22-6-7-23(31)28-24(22)32/h1-5,12,22,27H,6-11,13-15H2,(H,28,31,32)/t22-/m0/s1/i8D2,9D2,10D2,11D2,13D2,15D2. The van der Waals surface area contributed by atoms with Crippen LogP contribution in [0.25, 0.3) is 0 Å². The van der Waals surface area contributed by atoms with Gasteiger partial charge in [-0.25, -0.2) is 4.39 Å². The molecule has 3 amide bonds. The van der Waals surface area contributed by atoms with Crippen molar-refractivity contribution in [2.45, 2.75) is 38.4 Å². The Morgan fingerprint density at radius 3 is 2.79 bits per heavy atom. The van der Waals surface area contributed by atoms with E-state index in [1.54, 1.807) is 0 Å². The lowest BCUT2D eigenvalue weighted by molar-refractivity contribution is -0.136. The molecule has 2 aromatic rings. The molecule has 0 saturated carbocycles. The van der Waals surface area contributed by atoms with E-state index >= 15 is 4.39 Å². The van der Waals surface area contributed by atoms with Gasteiger partial charge in [0.2, 0.25) is 11.8 Å². The van der Waals surface area contributed by atoms with Crippen LogP contribution in [-0.4, -0.2) is 59.7 Å². The molecule has 1 atom stereocenters. The molecule has 3 heterocycles. The summed E-state index contributed by atoms with van der Waals surface area (Å²) in [7, 11) is 0. The second-order valence-electron chi connectivity index (χ2n) is 7.66. The van der Waals surface area contributed by atoms with E-state index in [2.05, 4.69) is 15.4 Å². The summed E-state index contributed by atoms with van der Waals surface area (Å²) in [4.78, 5) is 38.3. The van der Waals surface area contributed by atoms with Crippen LogP contribution in [0.1, 0.15) is 56.3 Å². The van der Waals surface area contributed by atoms with Crippen molar-refractivity contribution in [2.75, 3.05) is 31.4 Å². The number of rotatable bonds is 6. The van der Waals surface area contributed by atoms with Crippen molar-refractivity contribution in [3.63, 3.8) is 0 Å². The summed E-state index contributed by atoms with van der Waals surface area (Å²) in [6, 6.07) is 5.35. The summed E-state index contributed by atoms with van der Waals surface area (Å²) in [5, 5.41) is 4.49. The van der Waals surface area contributed by atoms with Crippen LogP contribution in [0.15, 0.2) is 36.4 Å². The maximum absolute atomic E-state index is 15.5. The first-order valence-corrected chi connectivity index (χ1v) is 10.3. The fourth-order valence-corrected chi connectivity index (χ4v) is 3.77. The van der Waals surface area contributed by atoms with Gasteiger partial charge >= 0.3 is 0 Å². The van der Waals surface area contributed by atoms with Gasteiger partial charge in [-0.15, -0.1) is 0 Å². The van der Waals surface area contributed by atoms with Gasteiger partial charge in [0.05, 0.1) is 24.1 Å². The topological polar surface area (TPSA) is 91.0 Å². The lowest BCUT2D eigenvalue weighted by atomic mass is 10.0. The molecule has 2 fully saturated rings. The quantitative estimate of drug-likeness (QED) is 0.618. The largest absolute Gasteiger partial charge is 0.381 e. The summed E-state index contributed by atoms with van der Waals surface area (Å²) in [6.07, 6.45) is -0.260. The van der Waals surface area contributed by atoms with Gasteiger partial charge in [-0.2, -0.15) is 0 Å². The number of carbonyl (C=O) groups excluding carboxylic acids is 3. The Balaban J connectivity index is 1.44. The van der Waals surface area contributed by atoms with Crippen molar-refractivity contribution in [3.8, 4) is 0 Å². The highest BCUT2D eigenvalue weighted by molar-refractivity contribution is 6.06. The molecule has 2 aromatic carbocycles. The van der Waals surface area contributed by atoms with E-state index in [1.807, 2.05) is 0 Å². The number of nitrogens with one attached hydrogen (secondary N) is 2. The van der Waals surface area contributed by atoms with E-state index in [-0.39, 0.29) is 40.1 Å². The zero-order valence-corrected chi connectivity index (χ0v) is 17.6. The number of nitrogens with zero attached hydrogens (tertiary/aromatic N) is 2. The van der Waals surface area contributed by atoms with E-state index in [0.717, 1.165) is 18.2 Å². The van der Waals surface area contributed by atoms with Gasteiger partial charge < -0.3 is 15.0 Å². The first-order chi connectivity index (χ1) is 21.0. The predicted molar refractivity (Wildman–Crippen MR) is 122 cm³/mol. The molecular formula is C25H27FN4O4. The molecule has 178 valence electrons. The average molecular weight is 479 g/mol. The van der Waals surface area contributed by atoms with Gasteiger partial charge in [-0.05, 0) is 30.2 Å².